The lowest BCUT2D eigenvalue weighted by atomic mass is 9.99. The normalized spacial score (nSPS) is 16.3. The van der Waals surface area contributed by atoms with Crippen LogP contribution in [0.2, 0.25) is 0 Å². The Bertz CT molecular complexity index is 579. The van der Waals surface area contributed by atoms with Gasteiger partial charge in [0, 0.05) is 23.4 Å². The number of ether oxygens (including phenoxy) is 1. The summed E-state index contributed by atoms with van der Waals surface area (Å²) in [7, 11) is 0. The molecule has 1 aliphatic heterocycles. The summed E-state index contributed by atoms with van der Waals surface area (Å²) >= 11 is 1.84. The summed E-state index contributed by atoms with van der Waals surface area (Å²) in [5.41, 5.74) is 2.75. The summed E-state index contributed by atoms with van der Waals surface area (Å²) in [4.78, 5) is 1.45. The van der Waals surface area contributed by atoms with Crippen molar-refractivity contribution in [2.24, 2.45) is 0 Å². The van der Waals surface area contributed by atoms with Crippen LogP contribution in [-0.4, -0.2) is 12.6 Å². The molecule has 0 fully saturated rings. The van der Waals surface area contributed by atoms with Crippen LogP contribution in [0.3, 0.4) is 0 Å². The van der Waals surface area contributed by atoms with E-state index < -0.39 is 0 Å². The molecule has 1 aromatic carbocycles. The van der Waals surface area contributed by atoms with Crippen molar-refractivity contribution in [3.63, 3.8) is 0 Å². The number of hydrogen-bond acceptors (Lipinski definition) is 3. The van der Waals surface area contributed by atoms with Crippen molar-refractivity contribution >= 4 is 11.3 Å². The second kappa shape index (κ2) is 6.63. The van der Waals surface area contributed by atoms with Gasteiger partial charge in [-0.1, -0.05) is 25.1 Å². The van der Waals surface area contributed by atoms with Gasteiger partial charge in [-0.25, -0.2) is 0 Å². The molecule has 3 heteroatoms. The molecular formula is C18H23NOS. The third kappa shape index (κ3) is 3.47. The first-order valence-electron chi connectivity index (χ1n) is 7.80. The van der Waals surface area contributed by atoms with Gasteiger partial charge in [-0.3, -0.25) is 0 Å². The minimum atomic E-state index is 0.422. The predicted molar refractivity (Wildman–Crippen MR) is 89.3 cm³/mol. The Balaban J connectivity index is 1.67. The number of thiophene rings is 1. The average Bonchev–Trinajstić information content (AvgIpc) is 3.14. The van der Waals surface area contributed by atoms with E-state index in [0.29, 0.717) is 12.1 Å². The molecule has 1 aromatic heterocycles. The first-order valence-corrected chi connectivity index (χ1v) is 8.68. The molecule has 112 valence electrons. The van der Waals surface area contributed by atoms with Crippen LogP contribution in [0.15, 0.2) is 35.7 Å². The van der Waals surface area contributed by atoms with Gasteiger partial charge in [-0.05, 0) is 48.4 Å². The summed E-state index contributed by atoms with van der Waals surface area (Å²) in [5.74, 6) is 1.07. The van der Waals surface area contributed by atoms with Gasteiger partial charge in [0.15, 0.2) is 0 Å². The lowest BCUT2D eigenvalue weighted by molar-refractivity contribution is 0.356. The average molecular weight is 301 g/mol. The fraction of sp³-hybridized carbons (Fsp3) is 0.444. The molecule has 0 radical (unpaired) electrons. The lowest BCUT2D eigenvalue weighted by Gasteiger charge is -2.23. The van der Waals surface area contributed by atoms with E-state index in [9.17, 15) is 0 Å². The van der Waals surface area contributed by atoms with Crippen molar-refractivity contribution in [3.05, 3.63) is 51.7 Å². The molecule has 2 atom stereocenters. The molecular weight excluding hydrogens is 278 g/mol. The molecule has 0 amide bonds. The minimum Gasteiger partial charge on any atom is -0.493 e. The Hall–Kier alpha value is -1.32. The largest absolute Gasteiger partial charge is 0.493 e. The zero-order valence-electron chi connectivity index (χ0n) is 12.8. The minimum absolute atomic E-state index is 0.422. The highest BCUT2D eigenvalue weighted by atomic mass is 32.1. The lowest BCUT2D eigenvalue weighted by Crippen LogP contribution is -2.31. The predicted octanol–water partition coefficient (Wildman–Crippen LogP) is 4.35. The molecule has 2 aromatic rings. The summed E-state index contributed by atoms with van der Waals surface area (Å²) in [6, 6.07) is 11.9. The zero-order chi connectivity index (χ0) is 14.7. The van der Waals surface area contributed by atoms with Gasteiger partial charge < -0.3 is 10.1 Å². The maximum atomic E-state index is 5.60. The van der Waals surface area contributed by atoms with E-state index in [1.807, 2.05) is 11.3 Å². The molecule has 3 rings (SSSR count). The smallest absolute Gasteiger partial charge is 0.122 e. The quantitative estimate of drug-likeness (QED) is 0.856. The van der Waals surface area contributed by atoms with E-state index in [0.717, 1.165) is 31.6 Å². The molecule has 2 heterocycles. The van der Waals surface area contributed by atoms with Gasteiger partial charge in [0.1, 0.15) is 5.75 Å². The van der Waals surface area contributed by atoms with Crippen molar-refractivity contribution in [2.45, 2.75) is 45.2 Å². The standard InChI is InChI=1S/C18H23NOS/c1-3-17(19-13(2)11-16-5-4-10-21-16)14-6-7-18-15(12-14)8-9-20-18/h4-7,10,12-13,17,19H,3,8-9,11H2,1-2H3. The Morgan fingerprint density at radius 1 is 1.33 bits per heavy atom. The molecule has 2 nitrogen and oxygen atoms in total. The first kappa shape index (κ1) is 14.6. The van der Waals surface area contributed by atoms with Gasteiger partial charge in [0.25, 0.3) is 0 Å². The van der Waals surface area contributed by atoms with Crippen LogP contribution in [0.1, 0.15) is 42.3 Å². The molecule has 1 N–H and O–H groups in total. The van der Waals surface area contributed by atoms with Gasteiger partial charge in [-0.15, -0.1) is 11.3 Å². The van der Waals surface area contributed by atoms with Crippen molar-refractivity contribution in [1.29, 1.82) is 0 Å². The molecule has 0 saturated carbocycles. The zero-order valence-corrected chi connectivity index (χ0v) is 13.6. The number of benzene rings is 1. The second-order valence-corrected chi connectivity index (χ2v) is 6.81. The van der Waals surface area contributed by atoms with Crippen LogP contribution in [0.5, 0.6) is 5.75 Å². The van der Waals surface area contributed by atoms with E-state index in [1.165, 1.54) is 16.0 Å². The number of hydrogen-bond donors (Lipinski definition) is 1. The molecule has 0 spiro atoms. The van der Waals surface area contributed by atoms with Crippen LogP contribution < -0.4 is 10.1 Å². The SMILES string of the molecule is CCC(NC(C)Cc1cccs1)c1ccc2c(c1)CCO2. The molecule has 0 saturated heterocycles. The van der Waals surface area contributed by atoms with Gasteiger partial charge >= 0.3 is 0 Å². The number of nitrogens with one attached hydrogen (secondary N) is 1. The Labute approximate surface area is 131 Å². The Kier molecular flexibility index (Phi) is 4.61. The van der Waals surface area contributed by atoms with Crippen LogP contribution in [-0.2, 0) is 12.8 Å². The Morgan fingerprint density at radius 2 is 2.24 bits per heavy atom. The van der Waals surface area contributed by atoms with E-state index in [2.05, 4.69) is 54.9 Å². The Morgan fingerprint density at radius 3 is 3.00 bits per heavy atom. The third-order valence-electron chi connectivity index (χ3n) is 4.10. The maximum absolute atomic E-state index is 5.60. The molecule has 21 heavy (non-hydrogen) atoms. The highest BCUT2D eigenvalue weighted by molar-refractivity contribution is 7.09. The van der Waals surface area contributed by atoms with E-state index in [-0.39, 0.29) is 0 Å². The van der Waals surface area contributed by atoms with Crippen LogP contribution in [0.4, 0.5) is 0 Å². The molecule has 0 bridgehead atoms. The van der Waals surface area contributed by atoms with Crippen LogP contribution in [0, 0.1) is 0 Å². The molecule has 2 unspecified atom stereocenters. The van der Waals surface area contributed by atoms with Crippen LogP contribution in [0.25, 0.3) is 0 Å². The van der Waals surface area contributed by atoms with E-state index >= 15 is 0 Å². The topological polar surface area (TPSA) is 21.3 Å². The fourth-order valence-corrected chi connectivity index (χ4v) is 3.84. The van der Waals surface area contributed by atoms with Gasteiger partial charge in [-0.2, -0.15) is 0 Å². The second-order valence-electron chi connectivity index (χ2n) is 5.78. The van der Waals surface area contributed by atoms with Crippen molar-refractivity contribution < 1.29 is 4.74 Å². The van der Waals surface area contributed by atoms with Gasteiger partial charge in [0.2, 0.25) is 0 Å². The fourth-order valence-electron chi connectivity index (χ4n) is 3.01. The van der Waals surface area contributed by atoms with Crippen LogP contribution >= 0.6 is 11.3 Å². The summed E-state index contributed by atoms with van der Waals surface area (Å²) in [6.07, 6.45) is 3.25. The van der Waals surface area contributed by atoms with Gasteiger partial charge in [0.05, 0.1) is 6.61 Å². The number of fused-ring (bicyclic) bond motifs is 1. The first-order chi connectivity index (χ1) is 10.3. The maximum Gasteiger partial charge on any atom is 0.122 e. The highest BCUT2D eigenvalue weighted by Crippen LogP contribution is 2.29. The van der Waals surface area contributed by atoms with Crippen molar-refractivity contribution in [3.8, 4) is 5.75 Å². The summed E-state index contributed by atoms with van der Waals surface area (Å²) in [5, 5.41) is 5.93. The van der Waals surface area contributed by atoms with E-state index in [4.69, 9.17) is 4.74 Å². The molecule has 0 aliphatic carbocycles. The van der Waals surface area contributed by atoms with E-state index in [1.54, 1.807) is 0 Å². The summed E-state index contributed by atoms with van der Waals surface area (Å²) < 4.78 is 5.60. The molecule has 1 aliphatic rings. The number of rotatable bonds is 6. The third-order valence-corrected chi connectivity index (χ3v) is 5.00. The van der Waals surface area contributed by atoms with Crippen molar-refractivity contribution in [1.82, 2.24) is 5.32 Å². The van der Waals surface area contributed by atoms with Crippen molar-refractivity contribution in [2.75, 3.05) is 6.61 Å². The highest BCUT2D eigenvalue weighted by Gasteiger charge is 2.17. The monoisotopic (exact) mass is 301 g/mol. The summed E-state index contributed by atoms with van der Waals surface area (Å²) in [6.45, 7) is 5.36.